The number of ether oxygens (including phenoxy) is 1. The second-order valence-electron chi connectivity index (χ2n) is 5.52. The van der Waals surface area contributed by atoms with Crippen LogP contribution in [0.15, 0.2) is 48.5 Å². The minimum absolute atomic E-state index is 0.0982. The van der Waals surface area contributed by atoms with E-state index in [0.29, 0.717) is 6.61 Å². The van der Waals surface area contributed by atoms with Crippen LogP contribution in [0.1, 0.15) is 30.0 Å². The van der Waals surface area contributed by atoms with Crippen molar-refractivity contribution >= 4 is 11.6 Å². The van der Waals surface area contributed by atoms with Gasteiger partial charge in [0.25, 0.3) is 0 Å². The zero-order chi connectivity index (χ0) is 15.4. The summed E-state index contributed by atoms with van der Waals surface area (Å²) in [5.41, 5.74) is 8.95. The number of hydrogen-bond donors (Lipinski definition) is 2. The van der Waals surface area contributed by atoms with Gasteiger partial charge in [-0.25, -0.2) is 0 Å². The lowest BCUT2D eigenvalue weighted by Crippen LogP contribution is -2.21. The maximum atomic E-state index is 12.2. The molecule has 0 radical (unpaired) electrons. The molecule has 22 heavy (non-hydrogen) atoms. The highest BCUT2D eigenvalue weighted by atomic mass is 16.5. The summed E-state index contributed by atoms with van der Waals surface area (Å²) in [6.45, 7) is 0.698. The Morgan fingerprint density at radius 2 is 2.00 bits per heavy atom. The molecule has 1 atom stereocenters. The van der Waals surface area contributed by atoms with Gasteiger partial charge in [-0.15, -0.1) is 0 Å². The molecule has 0 unspecified atom stereocenters. The van der Waals surface area contributed by atoms with Gasteiger partial charge in [0.05, 0.1) is 12.3 Å². The summed E-state index contributed by atoms with van der Waals surface area (Å²) in [6.07, 6.45) is 2.25. The molecule has 0 bridgehead atoms. The standard InChI is InChI=1S/C18H20N2O2/c19-15(13-6-2-1-3-7-13)12-17(21)20-16-10-4-8-14-9-5-11-22-18(14)16/h1-4,6-8,10,15H,5,9,11-12,19H2,(H,20,21)/t15-/m0/s1. The molecule has 4 heteroatoms. The van der Waals surface area contributed by atoms with Crippen LogP contribution in [-0.2, 0) is 11.2 Å². The first kappa shape index (κ1) is 14.6. The van der Waals surface area contributed by atoms with Crippen LogP contribution in [0.2, 0.25) is 0 Å². The van der Waals surface area contributed by atoms with Gasteiger partial charge in [-0.2, -0.15) is 0 Å². The van der Waals surface area contributed by atoms with Crippen LogP contribution in [0.4, 0.5) is 5.69 Å². The van der Waals surface area contributed by atoms with E-state index in [1.54, 1.807) is 0 Å². The topological polar surface area (TPSA) is 64.4 Å². The first-order valence-corrected chi connectivity index (χ1v) is 7.59. The van der Waals surface area contributed by atoms with Crippen LogP contribution in [-0.4, -0.2) is 12.5 Å². The molecule has 1 amide bonds. The second kappa shape index (κ2) is 6.62. The van der Waals surface area contributed by atoms with E-state index in [1.165, 1.54) is 0 Å². The molecular weight excluding hydrogens is 276 g/mol. The number of carbonyl (C=O) groups excluding carboxylic acids is 1. The Morgan fingerprint density at radius 1 is 1.18 bits per heavy atom. The smallest absolute Gasteiger partial charge is 0.226 e. The molecule has 0 saturated carbocycles. The van der Waals surface area contributed by atoms with E-state index in [0.717, 1.165) is 35.4 Å². The average Bonchev–Trinajstić information content (AvgIpc) is 2.56. The summed E-state index contributed by atoms with van der Waals surface area (Å²) in [5.74, 6) is 0.703. The zero-order valence-corrected chi connectivity index (χ0v) is 12.4. The molecule has 1 aliphatic rings. The third-order valence-electron chi connectivity index (χ3n) is 3.84. The Morgan fingerprint density at radius 3 is 2.82 bits per heavy atom. The number of rotatable bonds is 4. The van der Waals surface area contributed by atoms with Crippen molar-refractivity contribution in [2.24, 2.45) is 5.73 Å². The third-order valence-corrected chi connectivity index (χ3v) is 3.84. The summed E-state index contributed by atoms with van der Waals surface area (Å²) in [5, 5.41) is 2.93. The fourth-order valence-corrected chi connectivity index (χ4v) is 2.71. The zero-order valence-electron chi connectivity index (χ0n) is 12.4. The van der Waals surface area contributed by atoms with Crippen LogP contribution < -0.4 is 15.8 Å². The van der Waals surface area contributed by atoms with Crippen molar-refractivity contribution < 1.29 is 9.53 Å². The van der Waals surface area contributed by atoms with Gasteiger partial charge in [-0.3, -0.25) is 4.79 Å². The van der Waals surface area contributed by atoms with E-state index >= 15 is 0 Å². The van der Waals surface area contributed by atoms with E-state index in [4.69, 9.17) is 10.5 Å². The highest BCUT2D eigenvalue weighted by molar-refractivity contribution is 5.93. The summed E-state index contributed by atoms with van der Waals surface area (Å²) in [4.78, 5) is 12.2. The molecule has 0 aliphatic carbocycles. The maximum Gasteiger partial charge on any atom is 0.226 e. The van der Waals surface area contributed by atoms with Gasteiger partial charge in [0.2, 0.25) is 5.91 Å². The number of carbonyl (C=O) groups is 1. The lowest BCUT2D eigenvalue weighted by molar-refractivity contribution is -0.116. The summed E-state index contributed by atoms with van der Waals surface area (Å²) < 4.78 is 5.70. The highest BCUT2D eigenvalue weighted by Crippen LogP contribution is 2.33. The first-order valence-electron chi connectivity index (χ1n) is 7.59. The van der Waals surface area contributed by atoms with Gasteiger partial charge in [0.1, 0.15) is 5.75 Å². The Hall–Kier alpha value is -2.33. The monoisotopic (exact) mass is 296 g/mol. The SMILES string of the molecule is N[C@@H](CC(=O)Nc1cccc2c1OCCC2)c1ccccc1. The molecule has 0 aromatic heterocycles. The molecule has 114 valence electrons. The van der Waals surface area contributed by atoms with Crippen LogP contribution in [0.5, 0.6) is 5.75 Å². The number of anilines is 1. The minimum atomic E-state index is -0.304. The van der Waals surface area contributed by atoms with Crippen molar-refractivity contribution in [3.8, 4) is 5.75 Å². The van der Waals surface area contributed by atoms with Crippen molar-refractivity contribution in [2.75, 3.05) is 11.9 Å². The van der Waals surface area contributed by atoms with Crippen LogP contribution in [0.25, 0.3) is 0 Å². The number of nitrogens with two attached hydrogens (primary N) is 1. The van der Waals surface area contributed by atoms with Gasteiger partial charge < -0.3 is 15.8 Å². The average molecular weight is 296 g/mol. The molecular formula is C18H20N2O2. The molecule has 2 aromatic rings. The fourth-order valence-electron chi connectivity index (χ4n) is 2.71. The fraction of sp³-hybridized carbons (Fsp3) is 0.278. The number of aryl methyl sites for hydroxylation is 1. The maximum absolute atomic E-state index is 12.2. The van der Waals surface area contributed by atoms with E-state index in [1.807, 2.05) is 48.5 Å². The summed E-state index contributed by atoms with van der Waals surface area (Å²) >= 11 is 0. The molecule has 4 nitrogen and oxygen atoms in total. The van der Waals surface area contributed by atoms with Crippen LogP contribution in [0.3, 0.4) is 0 Å². The largest absolute Gasteiger partial charge is 0.491 e. The van der Waals surface area contributed by atoms with Gasteiger partial charge >= 0.3 is 0 Å². The number of fused-ring (bicyclic) bond motifs is 1. The Kier molecular flexibility index (Phi) is 4.39. The number of para-hydroxylation sites is 1. The van der Waals surface area contributed by atoms with Gasteiger partial charge in [0, 0.05) is 12.5 Å². The van der Waals surface area contributed by atoms with E-state index < -0.39 is 0 Å². The van der Waals surface area contributed by atoms with Crippen molar-refractivity contribution in [1.82, 2.24) is 0 Å². The highest BCUT2D eigenvalue weighted by Gasteiger charge is 2.17. The number of benzene rings is 2. The minimum Gasteiger partial charge on any atom is -0.491 e. The van der Waals surface area contributed by atoms with Gasteiger partial charge in [-0.1, -0.05) is 42.5 Å². The quantitative estimate of drug-likeness (QED) is 0.911. The van der Waals surface area contributed by atoms with Crippen LogP contribution in [0, 0.1) is 0 Å². The van der Waals surface area contributed by atoms with E-state index in [2.05, 4.69) is 5.32 Å². The van der Waals surface area contributed by atoms with Crippen molar-refractivity contribution in [2.45, 2.75) is 25.3 Å². The predicted molar refractivity (Wildman–Crippen MR) is 86.9 cm³/mol. The van der Waals surface area contributed by atoms with Crippen LogP contribution >= 0.6 is 0 Å². The molecule has 2 aromatic carbocycles. The Bertz CT molecular complexity index is 655. The molecule has 3 N–H and O–H groups in total. The Balaban J connectivity index is 1.67. The second-order valence-corrected chi connectivity index (χ2v) is 5.52. The first-order chi connectivity index (χ1) is 10.7. The molecule has 3 rings (SSSR count). The number of amides is 1. The number of hydrogen-bond acceptors (Lipinski definition) is 3. The van der Waals surface area contributed by atoms with E-state index in [-0.39, 0.29) is 18.4 Å². The molecule has 0 spiro atoms. The number of nitrogens with one attached hydrogen (secondary N) is 1. The van der Waals surface area contributed by atoms with Crippen molar-refractivity contribution in [3.05, 3.63) is 59.7 Å². The van der Waals surface area contributed by atoms with Gasteiger partial charge in [0.15, 0.2) is 0 Å². The molecule has 0 saturated heterocycles. The predicted octanol–water partition coefficient (Wildman–Crippen LogP) is 3.04. The van der Waals surface area contributed by atoms with Crippen molar-refractivity contribution in [1.29, 1.82) is 0 Å². The molecule has 1 aliphatic heterocycles. The third kappa shape index (κ3) is 3.28. The molecule has 0 fully saturated rings. The lowest BCUT2D eigenvalue weighted by atomic mass is 10.0. The van der Waals surface area contributed by atoms with Gasteiger partial charge in [-0.05, 0) is 30.0 Å². The van der Waals surface area contributed by atoms with E-state index in [9.17, 15) is 4.79 Å². The Labute approximate surface area is 130 Å². The lowest BCUT2D eigenvalue weighted by Gasteiger charge is -2.21. The molecule has 1 heterocycles. The summed E-state index contributed by atoms with van der Waals surface area (Å²) in [6, 6.07) is 15.2. The normalized spacial score (nSPS) is 14.6. The van der Waals surface area contributed by atoms with Crippen molar-refractivity contribution in [3.63, 3.8) is 0 Å². The summed E-state index contributed by atoms with van der Waals surface area (Å²) in [7, 11) is 0.